The van der Waals surface area contributed by atoms with Crippen LogP contribution < -0.4 is 5.32 Å². The number of nitrogens with one attached hydrogen (secondary N) is 1. The molecule has 0 bridgehead atoms. The van der Waals surface area contributed by atoms with Crippen molar-refractivity contribution in [3.05, 3.63) is 34.9 Å². The first-order chi connectivity index (χ1) is 8.18. The number of nitrogens with zero attached hydrogens (tertiary/aromatic N) is 1. The van der Waals surface area contributed by atoms with Crippen LogP contribution in [-0.4, -0.2) is 36.5 Å². The minimum absolute atomic E-state index is 0.0335. The molecule has 1 aromatic rings. The zero-order valence-electron chi connectivity index (χ0n) is 9.95. The van der Waals surface area contributed by atoms with Gasteiger partial charge in [-0.25, -0.2) is 0 Å². The lowest BCUT2D eigenvalue weighted by Crippen LogP contribution is -2.39. The van der Waals surface area contributed by atoms with Gasteiger partial charge in [-0.1, -0.05) is 23.7 Å². The quantitative estimate of drug-likeness (QED) is 0.831. The Morgan fingerprint density at radius 2 is 2.24 bits per heavy atom. The van der Waals surface area contributed by atoms with Crippen molar-refractivity contribution in [2.45, 2.75) is 19.4 Å². The Balaban J connectivity index is 2.16. The van der Waals surface area contributed by atoms with Gasteiger partial charge in [0.1, 0.15) is 0 Å². The molecule has 1 heterocycles. The van der Waals surface area contributed by atoms with Gasteiger partial charge in [-0.2, -0.15) is 0 Å². The molecule has 1 saturated heterocycles. The summed E-state index contributed by atoms with van der Waals surface area (Å²) in [5.74, 6) is 0.0335. The van der Waals surface area contributed by atoms with Crippen LogP contribution in [0.3, 0.4) is 0 Å². The maximum absolute atomic E-state index is 12.3. The molecular formula is C13H17ClN2O. The second-order valence-corrected chi connectivity index (χ2v) is 4.85. The fourth-order valence-corrected chi connectivity index (χ4v) is 2.31. The number of amides is 1. The van der Waals surface area contributed by atoms with Crippen molar-refractivity contribution < 1.29 is 4.79 Å². The molecule has 1 fully saturated rings. The number of carbonyl (C=O) groups is 1. The summed E-state index contributed by atoms with van der Waals surface area (Å²) in [5, 5.41) is 3.90. The van der Waals surface area contributed by atoms with E-state index in [0.717, 1.165) is 26.1 Å². The van der Waals surface area contributed by atoms with Crippen LogP contribution in [0, 0.1) is 0 Å². The van der Waals surface area contributed by atoms with Gasteiger partial charge in [-0.05, 0) is 32.0 Å². The lowest BCUT2D eigenvalue weighted by Gasteiger charge is -2.23. The third kappa shape index (κ3) is 2.99. The topological polar surface area (TPSA) is 32.3 Å². The average molecular weight is 253 g/mol. The van der Waals surface area contributed by atoms with Crippen LogP contribution in [-0.2, 0) is 0 Å². The summed E-state index contributed by atoms with van der Waals surface area (Å²) < 4.78 is 0. The van der Waals surface area contributed by atoms with E-state index in [1.54, 1.807) is 12.1 Å². The minimum Gasteiger partial charge on any atom is -0.337 e. The van der Waals surface area contributed by atoms with E-state index in [9.17, 15) is 4.79 Å². The predicted octanol–water partition coefficient (Wildman–Crippen LogP) is 2.16. The molecule has 3 nitrogen and oxygen atoms in total. The van der Waals surface area contributed by atoms with Gasteiger partial charge < -0.3 is 10.2 Å². The molecule has 92 valence electrons. The molecular weight excluding hydrogens is 236 g/mol. The van der Waals surface area contributed by atoms with E-state index in [-0.39, 0.29) is 5.91 Å². The second-order valence-electron chi connectivity index (χ2n) is 4.44. The van der Waals surface area contributed by atoms with Crippen LogP contribution in [0.1, 0.15) is 23.7 Å². The first-order valence-electron chi connectivity index (χ1n) is 5.95. The van der Waals surface area contributed by atoms with E-state index >= 15 is 0 Å². The molecule has 1 aliphatic rings. The molecule has 17 heavy (non-hydrogen) atoms. The van der Waals surface area contributed by atoms with Gasteiger partial charge in [0.2, 0.25) is 0 Å². The van der Waals surface area contributed by atoms with Crippen LogP contribution in [0.4, 0.5) is 0 Å². The summed E-state index contributed by atoms with van der Waals surface area (Å²) in [6.45, 7) is 4.59. The Bertz CT molecular complexity index is 408. The second kappa shape index (κ2) is 5.52. The number of benzene rings is 1. The molecule has 0 aromatic heterocycles. The zero-order chi connectivity index (χ0) is 12.3. The summed E-state index contributed by atoms with van der Waals surface area (Å²) in [6.07, 6.45) is 0.987. The molecule has 1 atom stereocenters. The van der Waals surface area contributed by atoms with E-state index in [0.29, 0.717) is 16.6 Å². The van der Waals surface area contributed by atoms with Gasteiger partial charge >= 0.3 is 0 Å². The zero-order valence-corrected chi connectivity index (χ0v) is 10.7. The van der Waals surface area contributed by atoms with Crippen molar-refractivity contribution in [1.82, 2.24) is 10.2 Å². The number of rotatable bonds is 1. The van der Waals surface area contributed by atoms with E-state index in [4.69, 9.17) is 11.6 Å². The lowest BCUT2D eigenvalue weighted by molar-refractivity contribution is 0.0755. The average Bonchev–Trinajstić information content (AvgIpc) is 2.54. The van der Waals surface area contributed by atoms with Crippen molar-refractivity contribution in [1.29, 1.82) is 0 Å². The Kier molecular flexibility index (Phi) is 4.02. The van der Waals surface area contributed by atoms with Crippen molar-refractivity contribution in [3.63, 3.8) is 0 Å². The van der Waals surface area contributed by atoms with Crippen molar-refractivity contribution in [3.8, 4) is 0 Å². The molecule has 1 amide bonds. The highest BCUT2D eigenvalue weighted by atomic mass is 35.5. The Morgan fingerprint density at radius 3 is 3.00 bits per heavy atom. The summed E-state index contributed by atoms with van der Waals surface area (Å²) in [7, 11) is 0. The van der Waals surface area contributed by atoms with Crippen LogP contribution in [0.15, 0.2) is 24.3 Å². The summed E-state index contributed by atoms with van der Waals surface area (Å²) in [5.41, 5.74) is 0.600. The summed E-state index contributed by atoms with van der Waals surface area (Å²) in [4.78, 5) is 14.2. The minimum atomic E-state index is 0.0335. The van der Waals surface area contributed by atoms with E-state index in [2.05, 4.69) is 12.2 Å². The van der Waals surface area contributed by atoms with E-state index < -0.39 is 0 Å². The summed E-state index contributed by atoms with van der Waals surface area (Å²) >= 11 is 6.05. The lowest BCUT2D eigenvalue weighted by atomic mass is 10.2. The fourth-order valence-electron chi connectivity index (χ4n) is 2.09. The van der Waals surface area contributed by atoms with Crippen molar-refractivity contribution in [2.75, 3.05) is 19.6 Å². The van der Waals surface area contributed by atoms with Crippen LogP contribution >= 0.6 is 11.6 Å². The smallest absolute Gasteiger partial charge is 0.255 e. The van der Waals surface area contributed by atoms with Gasteiger partial charge in [-0.15, -0.1) is 0 Å². The molecule has 0 saturated carbocycles. The van der Waals surface area contributed by atoms with Crippen LogP contribution in [0.5, 0.6) is 0 Å². The number of hydrogen-bond donors (Lipinski definition) is 1. The standard InChI is InChI=1S/C13H17ClN2O/c1-10-9-16(8-4-7-15-10)13(17)11-5-2-3-6-12(11)14/h2-3,5-6,10,15H,4,7-9H2,1H3. The van der Waals surface area contributed by atoms with Crippen molar-refractivity contribution in [2.24, 2.45) is 0 Å². The van der Waals surface area contributed by atoms with E-state index in [1.807, 2.05) is 17.0 Å². The normalized spacial score (nSPS) is 21.1. The van der Waals surface area contributed by atoms with Gasteiger partial charge in [-0.3, -0.25) is 4.79 Å². The summed E-state index contributed by atoms with van der Waals surface area (Å²) in [6, 6.07) is 7.57. The molecule has 1 aromatic carbocycles. The molecule has 1 aliphatic heterocycles. The Morgan fingerprint density at radius 1 is 1.47 bits per heavy atom. The largest absolute Gasteiger partial charge is 0.337 e. The number of carbonyl (C=O) groups excluding carboxylic acids is 1. The third-order valence-corrected chi connectivity index (χ3v) is 3.31. The van der Waals surface area contributed by atoms with Gasteiger partial charge in [0.25, 0.3) is 5.91 Å². The van der Waals surface area contributed by atoms with Gasteiger partial charge in [0, 0.05) is 19.1 Å². The highest BCUT2D eigenvalue weighted by Gasteiger charge is 2.21. The molecule has 1 N–H and O–H groups in total. The van der Waals surface area contributed by atoms with E-state index in [1.165, 1.54) is 0 Å². The van der Waals surface area contributed by atoms with Crippen molar-refractivity contribution >= 4 is 17.5 Å². The Hall–Kier alpha value is -1.06. The molecule has 0 spiro atoms. The highest BCUT2D eigenvalue weighted by molar-refractivity contribution is 6.33. The molecule has 4 heteroatoms. The predicted molar refractivity (Wildman–Crippen MR) is 69.4 cm³/mol. The van der Waals surface area contributed by atoms with Gasteiger partial charge in [0.15, 0.2) is 0 Å². The van der Waals surface area contributed by atoms with Crippen LogP contribution in [0.25, 0.3) is 0 Å². The molecule has 0 radical (unpaired) electrons. The first-order valence-corrected chi connectivity index (χ1v) is 6.33. The highest BCUT2D eigenvalue weighted by Crippen LogP contribution is 2.17. The molecule has 0 aliphatic carbocycles. The van der Waals surface area contributed by atoms with Gasteiger partial charge in [0.05, 0.1) is 10.6 Å². The number of hydrogen-bond acceptors (Lipinski definition) is 2. The SMILES string of the molecule is CC1CN(C(=O)c2ccccc2Cl)CCCN1. The third-order valence-electron chi connectivity index (χ3n) is 2.98. The fraction of sp³-hybridized carbons (Fsp3) is 0.462. The maximum atomic E-state index is 12.3. The monoisotopic (exact) mass is 252 g/mol. The molecule has 1 unspecified atom stereocenters. The molecule has 2 rings (SSSR count). The number of halogens is 1. The Labute approximate surface area is 107 Å². The first kappa shape index (κ1) is 12.4. The maximum Gasteiger partial charge on any atom is 0.255 e. The van der Waals surface area contributed by atoms with Crippen LogP contribution in [0.2, 0.25) is 5.02 Å².